The van der Waals surface area contributed by atoms with E-state index < -0.39 is 5.97 Å². The van der Waals surface area contributed by atoms with Crippen LogP contribution in [0.3, 0.4) is 0 Å². The Morgan fingerprint density at radius 3 is 2.88 bits per heavy atom. The number of aromatic nitrogens is 1. The number of ether oxygens (including phenoxy) is 1. The monoisotopic (exact) mass is 251 g/mol. The van der Waals surface area contributed by atoms with Gasteiger partial charge >= 0.3 is 5.97 Å². The first kappa shape index (κ1) is 11.8. The molecule has 1 aromatic heterocycles. The molecule has 0 amide bonds. The van der Waals surface area contributed by atoms with Crippen molar-refractivity contribution in [1.29, 1.82) is 0 Å². The zero-order valence-electron chi connectivity index (χ0n) is 9.11. The number of aliphatic hydroxyl groups excluding tert-OH is 1. The third-order valence-electron chi connectivity index (χ3n) is 2.43. The first-order chi connectivity index (χ1) is 8.15. The first-order valence-corrected chi connectivity index (χ1v) is 5.32. The van der Waals surface area contributed by atoms with Crippen LogP contribution in [0.15, 0.2) is 24.3 Å². The molecule has 0 aliphatic carbocycles. The fourth-order valence-electron chi connectivity index (χ4n) is 1.55. The summed E-state index contributed by atoms with van der Waals surface area (Å²) in [5.74, 6) is -0.410. The molecule has 88 valence electrons. The highest BCUT2D eigenvalue weighted by molar-refractivity contribution is 6.30. The molecule has 1 aromatic carbocycles. The number of esters is 1. The minimum atomic E-state index is -0.410. The number of benzene rings is 1. The summed E-state index contributed by atoms with van der Waals surface area (Å²) in [6, 6.07) is 6.67. The fourth-order valence-corrected chi connectivity index (χ4v) is 1.76. The van der Waals surface area contributed by atoms with Crippen LogP contribution < -0.4 is 0 Å². The van der Waals surface area contributed by atoms with Crippen LogP contribution in [-0.2, 0) is 11.3 Å². The molecule has 4 nitrogen and oxygen atoms in total. The number of fused-ring (bicyclic) bond motifs is 1. The molecule has 0 saturated heterocycles. The predicted molar refractivity (Wildman–Crippen MR) is 64.0 cm³/mol. The van der Waals surface area contributed by atoms with Gasteiger partial charge in [-0.25, -0.2) is 9.78 Å². The average molecular weight is 252 g/mol. The molecule has 0 atom stereocenters. The number of carbonyl (C=O) groups is 1. The highest BCUT2D eigenvalue weighted by Gasteiger charge is 2.08. The second-order valence-electron chi connectivity index (χ2n) is 3.50. The molecular formula is C12H10ClNO3. The van der Waals surface area contributed by atoms with Gasteiger partial charge in [-0.05, 0) is 24.3 Å². The Bertz CT molecular complexity index is 583. The lowest BCUT2D eigenvalue weighted by Crippen LogP contribution is -2.01. The molecule has 5 heteroatoms. The van der Waals surface area contributed by atoms with E-state index in [4.69, 9.17) is 16.7 Å². The number of methoxy groups -OCH3 is 1. The largest absolute Gasteiger partial charge is 0.465 e. The molecule has 0 fully saturated rings. The van der Waals surface area contributed by atoms with Crippen molar-refractivity contribution in [3.63, 3.8) is 0 Å². The Balaban J connectivity index is 2.60. The average Bonchev–Trinajstić information content (AvgIpc) is 2.36. The van der Waals surface area contributed by atoms with Crippen LogP contribution in [0.25, 0.3) is 10.9 Å². The lowest BCUT2D eigenvalue weighted by Gasteiger charge is -2.05. The summed E-state index contributed by atoms with van der Waals surface area (Å²) >= 11 is 5.87. The molecule has 17 heavy (non-hydrogen) atoms. The van der Waals surface area contributed by atoms with Crippen molar-refractivity contribution in [3.8, 4) is 0 Å². The molecular weight excluding hydrogens is 242 g/mol. The molecule has 0 aliphatic heterocycles. The van der Waals surface area contributed by atoms with Crippen molar-refractivity contribution in [2.75, 3.05) is 7.11 Å². The summed E-state index contributed by atoms with van der Waals surface area (Å²) in [5, 5.41) is 10.1. The number of carbonyl (C=O) groups excluding carboxylic acids is 1. The van der Waals surface area contributed by atoms with E-state index in [9.17, 15) is 4.79 Å². The highest BCUT2D eigenvalue weighted by atomic mass is 35.5. The topological polar surface area (TPSA) is 59.4 Å². The maximum Gasteiger partial charge on any atom is 0.337 e. The molecule has 2 aromatic rings. The van der Waals surface area contributed by atoms with Crippen molar-refractivity contribution in [2.45, 2.75) is 6.61 Å². The van der Waals surface area contributed by atoms with Crippen LogP contribution in [0, 0.1) is 0 Å². The molecule has 0 saturated carbocycles. The smallest absolute Gasteiger partial charge is 0.337 e. The molecule has 2 rings (SSSR count). The van der Waals surface area contributed by atoms with Crippen LogP contribution in [0.4, 0.5) is 0 Å². The van der Waals surface area contributed by atoms with Gasteiger partial charge in [0, 0.05) is 10.9 Å². The van der Waals surface area contributed by atoms with E-state index in [1.165, 1.54) is 7.11 Å². The third kappa shape index (κ3) is 2.23. The molecule has 0 aliphatic rings. The van der Waals surface area contributed by atoms with Crippen LogP contribution in [0.1, 0.15) is 15.9 Å². The zero-order valence-corrected chi connectivity index (χ0v) is 9.86. The number of hydrogen-bond donors (Lipinski definition) is 1. The van der Waals surface area contributed by atoms with Crippen LogP contribution in [0.2, 0.25) is 5.15 Å². The van der Waals surface area contributed by atoms with E-state index >= 15 is 0 Å². The zero-order chi connectivity index (χ0) is 12.4. The van der Waals surface area contributed by atoms with Gasteiger partial charge in [-0.2, -0.15) is 0 Å². The summed E-state index contributed by atoms with van der Waals surface area (Å²) in [6.45, 7) is -0.190. The summed E-state index contributed by atoms with van der Waals surface area (Å²) in [5.41, 5.74) is 1.63. The first-order valence-electron chi connectivity index (χ1n) is 4.94. The number of nitrogens with zero attached hydrogens (tertiary/aromatic N) is 1. The maximum absolute atomic E-state index is 11.4. The van der Waals surface area contributed by atoms with Gasteiger partial charge < -0.3 is 9.84 Å². The molecule has 1 heterocycles. The second kappa shape index (κ2) is 4.69. The summed E-state index contributed by atoms with van der Waals surface area (Å²) in [6.07, 6.45) is 0. The SMILES string of the molecule is COC(=O)c1ccc2nc(Cl)c(CO)cc2c1. The quantitative estimate of drug-likeness (QED) is 0.656. The maximum atomic E-state index is 11.4. The lowest BCUT2D eigenvalue weighted by atomic mass is 10.1. The summed E-state index contributed by atoms with van der Waals surface area (Å²) in [7, 11) is 1.33. The van der Waals surface area contributed by atoms with Gasteiger partial charge in [0.2, 0.25) is 0 Å². The normalized spacial score (nSPS) is 10.5. The molecule has 0 spiro atoms. The number of hydrogen-bond acceptors (Lipinski definition) is 4. The van der Waals surface area contributed by atoms with Gasteiger partial charge in [-0.1, -0.05) is 11.6 Å². The number of halogens is 1. The van der Waals surface area contributed by atoms with Gasteiger partial charge in [-0.15, -0.1) is 0 Å². The number of pyridine rings is 1. The molecule has 1 N–H and O–H groups in total. The van der Waals surface area contributed by atoms with E-state index in [1.807, 2.05) is 0 Å². The number of rotatable bonds is 2. The van der Waals surface area contributed by atoms with Crippen molar-refractivity contribution in [2.24, 2.45) is 0 Å². The van der Waals surface area contributed by atoms with Gasteiger partial charge in [0.05, 0.1) is 24.8 Å². The van der Waals surface area contributed by atoms with E-state index in [2.05, 4.69) is 9.72 Å². The minimum Gasteiger partial charge on any atom is -0.465 e. The molecule has 0 radical (unpaired) electrons. The van der Waals surface area contributed by atoms with Crippen molar-refractivity contribution in [3.05, 3.63) is 40.5 Å². The summed E-state index contributed by atoms with van der Waals surface area (Å²) in [4.78, 5) is 15.5. The van der Waals surface area contributed by atoms with Gasteiger partial charge in [0.15, 0.2) is 0 Å². The molecule has 0 bridgehead atoms. The van der Waals surface area contributed by atoms with E-state index in [0.717, 1.165) is 5.39 Å². The van der Waals surface area contributed by atoms with Crippen LogP contribution in [0.5, 0.6) is 0 Å². The van der Waals surface area contributed by atoms with Crippen molar-refractivity contribution >= 4 is 28.5 Å². The van der Waals surface area contributed by atoms with Crippen LogP contribution in [-0.4, -0.2) is 23.2 Å². The third-order valence-corrected chi connectivity index (χ3v) is 2.76. The Morgan fingerprint density at radius 1 is 1.47 bits per heavy atom. The standard InChI is InChI=1S/C12H10ClNO3/c1-17-12(16)7-2-3-10-8(4-7)5-9(6-15)11(13)14-10/h2-5,15H,6H2,1H3. The second-order valence-corrected chi connectivity index (χ2v) is 3.85. The minimum absolute atomic E-state index is 0.190. The van der Waals surface area contributed by atoms with Gasteiger partial charge in [-0.3, -0.25) is 0 Å². The van der Waals surface area contributed by atoms with Crippen molar-refractivity contribution in [1.82, 2.24) is 4.98 Å². The van der Waals surface area contributed by atoms with E-state index in [1.54, 1.807) is 24.3 Å². The van der Waals surface area contributed by atoms with Gasteiger partial charge in [0.1, 0.15) is 5.15 Å². The van der Waals surface area contributed by atoms with E-state index in [-0.39, 0.29) is 11.8 Å². The Labute approximate surface area is 103 Å². The summed E-state index contributed by atoms with van der Waals surface area (Å²) < 4.78 is 4.63. The lowest BCUT2D eigenvalue weighted by molar-refractivity contribution is 0.0601. The highest BCUT2D eigenvalue weighted by Crippen LogP contribution is 2.21. The van der Waals surface area contributed by atoms with Crippen molar-refractivity contribution < 1.29 is 14.6 Å². The van der Waals surface area contributed by atoms with Crippen LogP contribution >= 0.6 is 11.6 Å². The fraction of sp³-hybridized carbons (Fsp3) is 0.167. The Morgan fingerprint density at radius 2 is 2.24 bits per heavy atom. The molecule has 0 unspecified atom stereocenters. The Hall–Kier alpha value is -1.65. The predicted octanol–water partition coefficient (Wildman–Crippen LogP) is 2.17. The Kier molecular flexibility index (Phi) is 3.26. The van der Waals surface area contributed by atoms with E-state index in [0.29, 0.717) is 16.6 Å². The number of aliphatic hydroxyl groups is 1. The van der Waals surface area contributed by atoms with Gasteiger partial charge in [0.25, 0.3) is 0 Å².